The lowest BCUT2D eigenvalue weighted by Gasteiger charge is -2.25. The maximum Gasteiger partial charge on any atom is 0.118 e. The average molecular weight is 278 g/mol. The Hall–Kier alpha value is -0.800. The van der Waals surface area contributed by atoms with E-state index in [1.165, 1.54) is 24.9 Å². The molecule has 114 valence electrons. The van der Waals surface area contributed by atoms with E-state index in [-0.39, 0.29) is 0 Å². The molecule has 0 saturated heterocycles. The first-order valence-electron chi connectivity index (χ1n) is 8.05. The Labute approximate surface area is 123 Å². The molecule has 1 aliphatic carbocycles. The molecule has 1 aromatic rings. The van der Waals surface area contributed by atoms with Crippen molar-refractivity contribution < 1.29 is 4.42 Å². The predicted octanol–water partition coefficient (Wildman–Crippen LogP) is 3.65. The zero-order valence-corrected chi connectivity index (χ0v) is 13.5. The molecule has 0 spiro atoms. The zero-order chi connectivity index (χ0) is 14.5. The molecule has 0 aromatic carbocycles. The maximum absolute atomic E-state index is 5.72. The van der Waals surface area contributed by atoms with Gasteiger partial charge in [0.15, 0.2) is 0 Å². The summed E-state index contributed by atoms with van der Waals surface area (Å²) in [5.41, 5.74) is 1.26. The molecule has 1 aliphatic rings. The van der Waals surface area contributed by atoms with Crippen molar-refractivity contribution in [2.45, 2.75) is 59.7 Å². The second kappa shape index (κ2) is 7.28. The largest absolute Gasteiger partial charge is 0.468 e. The first-order chi connectivity index (χ1) is 9.54. The Morgan fingerprint density at radius 2 is 2.05 bits per heavy atom. The molecule has 0 atom stereocenters. The summed E-state index contributed by atoms with van der Waals surface area (Å²) in [6.45, 7) is 13.1. The van der Waals surface area contributed by atoms with Crippen molar-refractivity contribution in [3.05, 3.63) is 23.7 Å². The molecule has 0 aliphatic heterocycles. The van der Waals surface area contributed by atoms with Crippen molar-refractivity contribution in [2.75, 3.05) is 13.1 Å². The Morgan fingerprint density at radius 1 is 1.30 bits per heavy atom. The highest BCUT2D eigenvalue weighted by Gasteiger charge is 2.25. The molecule has 1 N–H and O–H groups in total. The lowest BCUT2D eigenvalue weighted by atomic mass is 10.2. The monoisotopic (exact) mass is 278 g/mol. The second-order valence-electron chi connectivity index (χ2n) is 6.91. The molecule has 20 heavy (non-hydrogen) atoms. The Morgan fingerprint density at radius 3 is 2.65 bits per heavy atom. The van der Waals surface area contributed by atoms with E-state index in [1.54, 1.807) is 0 Å². The minimum Gasteiger partial charge on any atom is -0.468 e. The molecule has 2 rings (SSSR count). The van der Waals surface area contributed by atoms with Gasteiger partial charge in [-0.3, -0.25) is 4.90 Å². The van der Waals surface area contributed by atoms with Gasteiger partial charge in [-0.05, 0) is 51.1 Å². The average Bonchev–Trinajstić information content (AvgIpc) is 3.07. The lowest BCUT2D eigenvalue weighted by Crippen LogP contribution is -2.32. The van der Waals surface area contributed by atoms with Crippen LogP contribution in [0.1, 0.15) is 51.9 Å². The van der Waals surface area contributed by atoms with Crippen molar-refractivity contribution >= 4 is 0 Å². The predicted molar refractivity (Wildman–Crippen MR) is 83.5 cm³/mol. The molecule has 0 amide bonds. The summed E-state index contributed by atoms with van der Waals surface area (Å²) in [7, 11) is 0. The third-order valence-corrected chi connectivity index (χ3v) is 3.87. The molecule has 3 nitrogen and oxygen atoms in total. The molecule has 1 fully saturated rings. The van der Waals surface area contributed by atoms with Crippen LogP contribution in [-0.2, 0) is 13.1 Å². The van der Waals surface area contributed by atoms with Gasteiger partial charge in [0.2, 0.25) is 0 Å². The van der Waals surface area contributed by atoms with Gasteiger partial charge < -0.3 is 9.73 Å². The number of rotatable bonds is 9. The van der Waals surface area contributed by atoms with Gasteiger partial charge in [-0.25, -0.2) is 0 Å². The van der Waals surface area contributed by atoms with Gasteiger partial charge in [0.1, 0.15) is 5.76 Å². The van der Waals surface area contributed by atoms with Crippen LogP contribution in [0.25, 0.3) is 0 Å². The van der Waals surface area contributed by atoms with Gasteiger partial charge in [0.25, 0.3) is 0 Å². The van der Waals surface area contributed by atoms with Crippen LogP contribution < -0.4 is 5.32 Å². The number of nitrogens with zero attached hydrogens (tertiary/aromatic N) is 1. The van der Waals surface area contributed by atoms with Gasteiger partial charge in [0, 0.05) is 24.7 Å². The number of nitrogens with one attached hydrogen (secondary N) is 1. The highest BCUT2D eigenvalue weighted by molar-refractivity contribution is 5.12. The fraction of sp³-hybridized carbons (Fsp3) is 0.765. The molecule has 1 aromatic heterocycles. The molecule has 1 saturated carbocycles. The SMILES string of the molecule is CC(C)CNCc1coc(CN(CC2CC2)C(C)C)c1. The molecule has 0 radical (unpaired) electrons. The van der Waals surface area contributed by atoms with Crippen LogP contribution in [0.5, 0.6) is 0 Å². The summed E-state index contributed by atoms with van der Waals surface area (Å²) < 4.78 is 5.72. The smallest absolute Gasteiger partial charge is 0.118 e. The summed E-state index contributed by atoms with van der Waals surface area (Å²) >= 11 is 0. The topological polar surface area (TPSA) is 28.4 Å². The van der Waals surface area contributed by atoms with E-state index in [4.69, 9.17) is 4.42 Å². The third-order valence-electron chi connectivity index (χ3n) is 3.87. The molecular weight excluding hydrogens is 248 g/mol. The summed E-state index contributed by atoms with van der Waals surface area (Å²) in [5.74, 6) is 2.72. The summed E-state index contributed by atoms with van der Waals surface area (Å²) in [5, 5.41) is 3.46. The number of furan rings is 1. The van der Waals surface area contributed by atoms with E-state index in [0.717, 1.165) is 31.3 Å². The normalized spacial score (nSPS) is 15.8. The maximum atomic E-state index is 5.72. The van der Waals surface area contributed by atoms with Crippen LogP contribution in [0, 0.1) is 11.8 Å². The zero-order valence-electron chi connectivity index (χ0n) is 13.5. The standard InChI is InChI=1S/C17H30N2O/c1-13(2)8-18-9-16-7-17(20-12-16)11-19(14(3)4)10-15-5-6-15/h7,12-15,18H,5-6,8-11H2,1-4H3. The first-order valence-corrected chi connectivity index (χ1v) is 8.05. The Bertz CT molecular complexity index is 393. The van der Waals surface area contributed by atoms with Crippen LogP contribution in [0.3, 0.4) is 0 Å². The van der Waals surface area contributed by atoms with Crippen molar-refractivity contribution in [1.82, 2.24) is 10.2 Å². The highest BCUT2D eigenvalue weighted by atomic mass is 16.3. The highest BCUT2D eigenvalue weighted by Crippen LogP contribution is 2.30. The fourth-order valence-corrected chi connectivity index (χ4v) is 2.40. The van der Waals surface area contributed by atoms with Crippen molar-refractivity contribution in [2.24, 2.45) is 11.8 Å². The van der Waals surface area contributed by atoms with Crippen molar-refractivity contribution in [3.8, 4) is 0 Å². The van der Waals surface area contributed by atoms with E-state index in [2.05, 4.69) is 44.0 Å². The van der Waals surface area contributed by atoms with E-state index in [0.29, 0.717) is 12.0 Å². The minimum atomic E-state index is 0.586. The number of hydrogen-bond acceptors (Lipinski definition) is 3. The fourth-order valence-electron chi connectivity index (χ4n) is 2.40. The van der Waals surface area contributed by atoms with Crippen LogP contribution >= 0.6 is 0 Å². The Balaban J connectivity index is 1.80. The van der Waals surface area contributed by atoms with E-state index in [9.17, 15) is 0 Å². The first kappa shape index (κ1) is 15.6. The minimum absolute atomic E-state index is 0.586. The van der Waals surface area contributed by atoms with Crippen LogP contribution in [0.2, 0.25) is 0 Å². The van der Waals surface area contributed by atoms with Gasteiger partial charge in [-0.15, -0.1) is 0 Å². The third kappa shape index (κ3) is 5.29. The summed E-state index contributed by atoms with van der Waals surface area (Å²) in [6, 6.07) is 2.79. The molecular formula is C17H30N2O. The second-order valence-corrected chi connectivity index (χ2v) is 6.91. The van der Waals surface area contributed by atoms with Gasteiger partial charge in [-0.2, -0.15) is 0 Å². The van der Waals surface area contributed by atoms with Crippen molar-refractivity contribution in [3.63, 3.8) is 0 Å². The molecule has 0 bridgehead atoms. The van der Waals surface area contributed by atoms with Crippen LogP contribution in [0.4, 0.5) is 0 Å². The Kier molecular flexibility index (Phi) is 5.67. The summed E-state index contributed by atoms with van der Waals surface area (Å²) in [4.78, 5) is 2.53. The molecule has 1 heterocycles. The molecule has 0 unspecified atom stereocenters. The van der Waals surface area contributed by atoms with Crippen LogP contribution in [0.15, 0.2) is 16.7 Å². The van der Waals surface area contributed by atoms with E-state index < -0.39 is 0 Å². The van der Waals surface area contributed by atoms with E-state index in [1.807, 2.05) is 6.26 Å². The van der Waals surface area contributed by atoms with Crippen molar-refractivity contribution in [1.29, 1.82) is 0 Å². The lowest BCUT2D eigenvalue weighted by molar-refractivity contribution is 0.188. The van der Waals surface area contributed by atoms with Gasteiger partial charge in [-0.1, -0.05) is 13.8 Å². The molecule has 3 heteroatoms. The van der Waals surface area contributed by atoms with Gasteiger partial charge in [0.05, 0.1) is 12.8 Å². The van der Waals surface area contributed by atoms with Gasteiger partial charge >= 0.3 is 0 Å². The summed E-state index contributed by atoms with van der Waals surface area (Å²) in [6.07, 6.45) is 4.72. The van der Waals surface area contributed by atoms with E-state index >= 15 is 0 Å². The van der Waals surface area contributed by atoms with Crippen LogP contribution in [-0.4, -0.2) is 24.0 Å². The quantitative estimate of drug-likeness (QED) is 0.747. The number of hydrogen-bond donors (Lipinski definition) is 1.